The van der Waals surface area contributed by atoms with Crippen LogP contribution in [0.2, 0.25) is 0 Å². The van der Waals surface area contributed by atoms with Crippen molar-refractivity contribution in [3.8, 4) is 0 Å². The average Bonchev–Trinajstić information content (AvgIpc) is 2.05. The molecule has 7 nitrogen and oxygen atoms in total. The van der Waals surface area contributed by atoms with E-state index in [4.69, 9.17) is 5.11 Å². The maximum absolute atomic E-state index is 10.2. The summed E-state index contributed by atoms with van der Waals surface area (Å²) in [5, 5.41) is 7.60. The van der Waals surface area contributed by atoms with Crippen LogP contribution in [0, 0.1) is 0 Å². The first kappa shape index (κ1) is 11.1. The number of aromatic nitrogens is 2. The average molecular weight is 187 g/mol. The molecule has 1 heterocycles. The summed E-state index contributed by atoms with van der Waals surface area (Å²) in [4.78, 5) is 33.9. The molecular formula is C6H9N3O4. The van der Waals surface area contributed by atoms with Crippen molar-refractivity contribution >= 4 is 5.97 Å². The highest BCUT2D eigenvalue weighted by atomic mass is 16.4. The Morgan fingerprint density at radius 2 is 2.08 bits per heavy atom. The molecule has 0 aromatic carbocycles. The first-order valence-electron chi connectivity index (χ1n) is 3.26. The first-order chi connectivity index (χ1) is 6.06. The molecule has 0 fully saturated rings. The van der Waals surface area contributed by atoms with Gasteiger partial charge in [0.25, 0.3) is 5.56 Å². The zero-order valence-electron chi connectivity index (χ0n) is 6.61. The Hall–Kier alpha value is -1.89. The van der Waals surface area contributed by atoms with E-state index in [1.807, 2.05) is 4.98 Å². The van der Waals surface area contributed by atoms with Crippen LogP contribution in [0.1, 0.15) is 0 Å². The fourth-order valence-corrected chi connectivity index (χ4v) is 0.383. The third-order valence-electron chi connectivity index (χ3n) is 0.860. The number of hydrogen-bond donors (Lipinski definition) is 4. The lowest BCUT2D eigenvalue weighted by atomic mass is 10.7. The molecule has 0 spiro atoms. The molecule has 1 aromatic heterocycles. The monoisotopic (exact) mass is 187 g/mol. The Morgan fingerprint density at radius 1 is 1.54 bits per heavy atom. The number of carboxylic acid groups (broad SMARTS) is 1. The molecule has 0 radical (unpaired) electrons. The molecule has 0 amide bonds. The van der Waals surface area contributed by atoms with E-state index in [1.165, 1.54) is 12.3 Å². The van der Waals surface area contributed by atoms with E-state index in [9.17, 15) is 14.4 Å². The summed E-state index contributed by atoms with van der Waals surface area (Å²) in [5.74, 6) is -0.968. The van der Waals surface area contributed by atoms with Gasteiger partial charge in [0.2, 0.25) is 0 Å². The van der Waals surface area contributed by atoms with Crippen molar-refractivity contribution < 1.29 is 9.90 Å². The summed E-state index contributed by atoms with van der Waals surface area (Å²) >= 11 is 0. The van der Waals surface area contributed by atoms with Crippen LogP contribution < -0.4 is 17.0 Å². The van der Waals surface area contributed by atoms with Gasteiger partial charge in [-0.25, -0.2) is 4.79 Å². The normalized spacial score (nSPS) is 8.38. The van der Waals surface area contributed by atoms with Crippen molar-refractivity contribution in [2.45, 2.75) is 0 Å². The second-order valence-corrected chi connectivity index (χ2v) is 1.89. The zero-order valence-corrected chi connectivity index (χ0v) is 6.61. The van der Waals surface area contributed by atoms with Crippen molar-refractivity contribution in [1.29, 1.82) is 0 Å². The Kier molecular flexibility index (Phi) is 4.89. The highest BCUT2D eigenvalue weighted by Gasteiger charge is 1.81. The SMILES string of the molecule is NCC(=O)O.O=c1cc[nH]c(=O)[nH]1. The number of aromatic amines is 2. The molecule has 0 atom stereocenters. The van der Waals surface area contributed by atoms with E-state index in [0.717, 1.165) is 0 Å². The smallest absolute Gasteiger partial charge is 0.325 e. The minimum absolute atomic E-state index is 0.278. The van der Waals surface area contributed by atoms with E-state index in [0.29, 0.717) is 0 Å². The van der Waals surface area contributed by atoms with Gasteiger partial charge in [0.1, 0.15) is 0 Å². The second kappa shape index (κ2) is 5.72. The van der Waals surface area contributed by atoms with Crippen LogP contribution in [0.4, 0.5) is 0 Å². The summed E-state index contributed by atoms with van der Waals surface area (Å²) in [6, 6.07) is 1.24. The van der Waals surface area contributed by atoms with Crippen LogP contribution in [-0.2, 0) is 4.79 Å². The van der Waals surface area contributed by atoms with Gasteiger partial charge in [0.15, 0.2) is 0 Å². The number of carbonyl (C=O) groups is 1. The van der Waals surface area contributed by atoms with Gasteiger partial charge in [0, 0.05) is 12.3 Å². The quantitative estimate of drug-likeness (QED) is 0.407. The fraction of sp³-hybridized carbons (Fsp3) is 0.167. The van der Waals surface area contributed by atoms with Gasteiger partial charge in [0.05, 0.1) is 6.54 Å². The number of aliphatic carboxylic acids is 1. The van der Waals surface area contributed by atoms with Crippen molar-refractivity contribution in [3.05, 3.63) is 33.1 Å². The van der Waals surface area contributed by atoms with Gasteiger partial charge in [-0.15, -0.1) is 0 Å². The van der Waals surface area contributed by atoms with Gasteiger partial charge >= 0.3 is 11.7 Å². The highest BCUT2D eigenvalue weighted by molar-refractivity contribution is 5.68. The number of hydrogen-bond acceptors (Lipinski definition) is 4. The van der Waals surface area contributed by atoms with Crippen LogP contribution in [0.15, 0.2) is 21.9 Å². The van der Waals surface area contributed by atoms with E-state index in [2.05, 4.69) is 10.7 Å². The molecular weight excluding hydrogens is 178 g/mol. The number of nitrogens with one attached hydrogen (secondary N) is 2. The van der Waals surface area contributed by atoms with Crippen molar-refractivity contribution in [1.82, 2.24) is 9.97 Å². The molecule has 13 heavy (non-hydrogen) atoms. The minimum atomic E-state index is -0.968. The van der Waals surface area contributed by atoms with Crippen LogP contribution in [0.25, 0.3) is 0 Å². The van der Waals surface area contributed by atoms with E-state index >= 15 is 0 Å². The predicted octanol–water partition coefficient (Wildman–Crippen LogP) is -1.91. The zero-order chi connectivity index (χ0) is 10.3. The molecule has 5 N–H and O–H groups in total. The minimum Gasteiger partial charge on any atom is -0.480 e. The molecule has 0 aliphatic heterocycles. The molecule has 1 aromatic rings. The molecule has 0 aliphatic carbocycles. The van der Waals surface area contributed by atoms with Gasteiger partial charge in [-0.05, 0) is 0 Å². The topological polar surface area (TPSA) is 129 Å². The third kappa shape index (κ3) is 6.51. The first-order valence-corrected chi connectivity index (χ1v) is 3.26. The molecule has 0 unspecified atom stereocenters. The Morgan fingerprint density at radius 3 is 2.31 bits per heavy atom. The lowest BCUT2D eigenvalue weighted by molar-refractivity contribution is -0.135. The van der Waals surface area contributed by atoms with Crippen LogP contribution in [0.5, 0.6) is 0 Å². The number of nitrogens with two attached hydrogens (primary N) is 1. The summed E-state index contributed by atoms with van der Waals surface area (Å²) in [7, 11) is 0. The molecule has 72 valence electrons. The maximum Gasteiger partial charge on any atom is 0.325 e. The Labute approximate surface area is 72.2 Å². The van der Waals surface area contributed by atoms with Crippen LogP contribution in [-0.4, -0.2) is 27.6 Å². The standard InChI is InChI=1S/C4H4N2O2.C2H5NO2/c7-3-1-2-5-4(8)6-3;3-1-2(4)5/h1-2H,(H2,5,6,7,8);1,3H2,(H,4,5). The van der Waals surface area contributed by atoms with Crippen molar-refractivity contribution in [2.24, 2.45) is 5.73 Å². The van der Waals surface area contributed by atoms with Gasteiger partial charge in [-0.1, -0.05) is 0 Å². The van der Waals surface area contributed by atoms with Crippen molar-refractivity contribution in [2.75, 3.05) is 6.54 Å². The second-order valence-electron chi connectivity index (χ2n) is 1.89. The summed E-state index contributed by atoms with van der Waals surface area (Å²) in [5.41, 5.74) is 3.72. The molecule has 0 saturated heterocycles. The Balaban J connectivity index is 0.000000252. The largest absolute Gasteiger partial charge is 0.480 e. The summed E-state index contributed by atoms with van der Waals surface area (Å²) in [6.45, 7) is -0.278. The number of rotatable bonds is 1. The van der Waals surface area contributed by atoms with Crippen molar-refractivity contribution in [3.63, 3.8) is 0 Å². The Bertz CT molecular complexity index is 341. The number of carboxylic acids is 1. The van der Waals surface area contributed by atoms with Gasteiger partial charge < -0.3 is 15.8 Å². The summed E-state index contributed by atoms with van der Waals surface area (Å²) in [6.07, 6.45) is 1.29. The van der Waals surface area contributed by atoms with E-state index in [1.54, 1.807) is 0 Å². The fourth-order valence-electron chi connectivity index (χ4n) is 0.383. The molecule has 1 rings (SSSR count). The highest BCUT2D eigenvalue weighted by Crippen LogP contribution is 1.51. The van der Waals surface area contributed by atoms with E-state index < -0.39 is 11.7 Å². The van der Waals surface area contributed by atoms with Crippen LogP contribution in [0.3, 0.4) is 0 Å². The summed E-state index contributed by atoms with van der Waals surface area (Å²) < 4.78 is 0. The lowest BCUT2D eigenvalue weighted by Gasteiger charge is -1.75. The van der Waals surface area contributed by atoms with Gasteiger partial charge in [-0.3, -0.25) is 14.6 Å². The molecule has 0 bridgehead atoms. The molecule has 7 heteroatoms. The molecule has 0 saturated carbocycles. The number of H-pyrrole nitrogens is 2. The van der Waals surface area contributed by atoms with Crippen LogP contribution >= 0.6 is 0 Å². The maximum atomic E-state index is 10.2. The predicted molar refractivity (Wildman–Crippen MR) is 44.4 cm³/mol. The lowest BCUT2D eigenvalue weighted by Crippen LogP contribution is -2.19. The van der Waals surface area contributed by atoms with Gasteiger partial charge in [-0.2, -0.15) is 0 Å². The molecule has 0 aliphatic rings. The van der Waals surface area contributed by atoms with E-state index in [-0.39, 0.29) is 12.1 Å². The third-order valence-corrected chi connectivity index (χ3v) is 0.860.